The minimum absolute atomic E-state index is 0.0992. The normalized spacial score (nSPS) is 15.9. The van der Waals surface area contributed by atoms with E-state index in [1.54, 1.807) is 12.4 Å². The first kappa shape index (κ1) is 19.9. The van der Waals surface area contributed by atoms with Gasteiger partial charge in [0.1, 0.15) is 0 Å². The summed E-state index contributed by atoms with van der Waals surface area (Å²) in [5.41, 5.74) is 0.997. The summed E-state index contributed by atoms with van der Waals surface area (Å²) in [6, 6.07) is 4.21. The smallest absolute Gasteiger partial charge is 0.230 e. The van der Waals surface area contributed by atoms with Crippen LogP contribution in [0.25, 0.3) is 11.4 Å². The molecule has 1 aliphatic carbocycles. The maximum absolute atomic E-state index is 12.4. The van der Waals surface area contributed by atoms with Gasteiger partial charge in [0.05, 0.1) is 5.75 Å². The highest BCUT2D eigenvalue weighted by molar-refractivity contribution is 7.99. The molecule has 0 spiro atoms. The van der Waals surface area contributed by atoms with Gasteiger partial charge in [0.25, 0.3) is 0 Å². The van der Waals surface area contributed by atoms with Gasteiger partial charge in [-0.15, -0.1) is 10.2 Å². The summed E-state index contributed by atoms with van der Waals surface area (Å²) >= 11 is 1.47. The lowest BCUT2D eigenvalue weighted by atomic mass is 9.97. The molecule has 0 radical (unpaired) electrons. The molecule has 0 aliphatic heterocycles. The monoisotopic (exact) mass is 387 g/mol. The average Bonchev–Trinajstić information content (AvgIpc) is 3.06. The van der Waals surface area contributed by atoms with E-state index in [9.17, 15) is 4.79 Å². The highest BCUT2D eigenvalue weighted by Gasteiger charge is 2.17. The van der Waals surface area contributed by atoms with Crippen molar-refractivity contribution >= 4 is 17.7 Å². The largest absolute Gasteiger partial charge is 0.353 e. The second-order valence-electron chi connectivity index (χ2n) is 7.09. The SMILES string of the molecule is CCCn1c(SCC(=O)NC2CCCCCCC2)nnc1-c1ccncc1. The number of carbonyl (C=O) groups excluding carboxylic acids is 1. The van der Waals surface area contributed by atoms with Crippen LogP contribution in [-0.2, 0) is 11.3 Å². The van der Waals surface area contributed by atoms with Gasteiger partial charge in [-0.2, -0.15) is 0 Å². The number of hydrogen-bond donors (Lipinski definition) is 1. The average molecular weight is 388 g/mol. The molecule has 0 saturated heterocycles. The predicted octanol–water partition coefficient (Wildman–Crippen LogP) is 4.07. The zero-order valence-electron chi connectivity index (χ0n) is 16.1. The van der Waals surface area contributed by atoms with E-state index in [0.29, 0.717) is 11.8 Å². The summed E-state index contributed by atoms with van der Waals surface area (Å²) in [7, 11) is 0. The van der Waals surface area contributed by atoms with Crippen LogP contribution in [0, 0.1) is 0 Å². The Morgan fingerprint density at radius 3 is 2.56 bits per heavy atom. The lowest BCUT2D eigenvalue weighted by Gasteiger charge is -2.20. The standard InChI is InChI=1S/C20H29N5OS/c1-2-14-25-19(16-10-12-21-13-11-16)23-24-20(25)27-15-18(26)22-17-8-6-4-3-5-7-9-17/h10-13,17H,2-9,14-15H2,1H3,(H,22,26). The number of nitrogens with zero attached hydrogens (tertiary/aromatic N) is 4. The fourth-order valence-electron chi connectivity index (χ4n) is 3.54. The van der Waals surface area contributed by atoms with E-state index in [-0.39, 0.29) is 5.91 Å². The molecule has 2 aromatic heterocycles. The molecule has 7 heteroatoms. The first-order chi connectivity index (χ1) is 13.3. The number of nitrogens with one attached hydrogen (secondary N) is 1. The molecule has 0 aromatic carbocycles. The maximum atomic E-state index is 12.4. The Labute approximate surface area is 165 Å². The van der Waals surface area contributed by atoms with Gasteiger partial charge in [-0.1, -0.05) is 50.8 Å². The van der Waals surface area contributed by atoms with Crippen LogP contribution in [0.5, 0.6) is 0 Å². The van der Waals surface area contributed by atoms with Gasteiger partial charge in [-0.25, -0.2) is 0 Å². The zero-order chi connectivity index (χ0) is 18.9. The van der Waals surface area contributed by atoms with Gasteiger partial charge in [0.2, 0.25) is 5.91 Å². The molecule has 0 atom stereocenters. The second-order valence-corrected chi connectivity index (χ2v) is 8.03. The van der Waals surface area contributed by atoms with Crippen molar-refractivity contribution in [3.8, 4) is 11.4 Å². The molecular formula is C20H29N5OS. The van der Waals surface area contributed by atoms with Gasteiger partial charge in [-0.05, 0) is 31.4 Å². The second kappa shape index (κ2) is 10.4. The Bertz CT molecular complexity index is 710. The van der Waals surface area contributed by atoms with Gasteiger partial charge in [0.15, 0.2) is 11.0 Å². The first-order valence-corrected chi connectivity index (χ1v) is 11.0. The number of carbonyl (C=O) groups is 1. The summed E-state index contributed by atoms with van der Waals surface area (Å²) in [5, 5.41) is 12.7. The van der Waals surface area contributed by atoms with Gasteiger partial charge < -0.3 is 9.88 Å². The Morgan fingerprint density at radius 1 is 1.15 bits per heavy atom. The molecule has 1 aliphatic rings. The molecule has 0 bridgehead atoms. The summed E-state index contributed by atoms with van der Waals surface area (Å²) in [6.45, 7) is 2.96. The summed E-state index contributed by atoms with van der Waals surface area (Å²) in [5.74, 6) is 1.32. The van der Waals surface area contributed by atoms with Crippen LogP contribution in [0.1, 0.15) is 58.3 Å². The van der Waals surface area contributed by atoms with Crippen LogP contribution < -0.4 is 5.32 Å². The van der Waals surface area contributed by atoms with Crippen molar-refractivity contribution in [3.63, 3.8) is 0 Å². The van der Waals surface area contributed by atoms with Crippen LogP contribution in [0.3, 0.4) is 0 Å². The molecule has 3 rings (SSSR count). The number of aromatic nitrogens is 4. The molecule has 1 N–H and O–H groups in total. The van der Waals surface area contributed by atoms with E-state index in [1.165, 1.54) is 43.9 Å². The molecule has 1 amide bonds. The van der Waals surface area contributed by atoms with Crippen molar-refractivity contribution in [2.24, 2.45) is 0 Å². The Morgan fingerprint density at radius 2 is 1.85 bits per heavy atom. The Hall–Kier alpha value is -1.89. The maximum Gasteiger partial charge on any atom is 0.230 e. The van der Waals surface area contributed by atoms with Crippen molar-refractivity contribution in [2.75, 3.05) is 5.75 Å². The third-order valence-corrected chi connectivity index (χ3v) is 5.87. The van der Waals surface area contributed by atoms with Crippen molar-refractivity contribution in [3.05, 3.63) is 24.5 Å². The minimum atomic E-state index is 0.0992. The van der Waals surface area contributed by atoms with Gasteiger partial charge in [0, 0.05) is 30.5 Å². The van der Waals surface area contributed by atoms with Crippen LogP contribution in [-0.4, -0.2) is 37.5 Å². The molecular weight excluding hydrogens is 358 g/mol. The molecule has 27 heavy (non-hydrogen) atoms. The number of thioether (sulfide) groups is 1. The highest BCUT2D eigenvalue weighted by atomic mass is 32.2. The van der Waals surface area contributed by atoms with E-state index in [2.05, 4.69) is 32.0 Å². The van der Waals surface area contributed by atoms with E-state index in [0.717, 1.165) is 42.4 Å². The van der Waals surface area contributed by atoms with Crippen LogP contribution in [0.15, 0.2) is 29.7 Å². The minimum Gasteiger partial charge on any atom is -0.353 e. The topological polar surface area (TPSA) is 72.7 Å². The number of pyridine rings is 1. The van der Waals surface area contributed by atoms with E-state index in [1.807, 2.05) is 12.1 Å². The number of amides is 1. The summed E-state index contributed by atoms with van der Waals surface area (Å²) in [6.07, 6.45) is 13.1. The van der Waals surface area contributed by atoms with E-state index >= 15 is 0 Å². The van der Waals surface area contributed by atoms with Crippen LogP contribution >= 0.6 is 11.8 Å². The summed E-state index contributed by atoms with van der Waals surface area (Å²) in [4.78, 5) is 16.5. The van der Waals surface area contributed by atoms with Gasteiger partial charge in [-0.3, -0.25) is 9.78 Å². The summed E-state index contributed by atoms with van der Waals surface area (Å²) < 4.78 is 2.10. The van der Waals surface area contributed by atoms with Crippen molar-refractivity contribution in [2.45, 2.75) is 76.0 Å². The van der Waals surface area contributed by atoms with Crippen LogP contribution in [0.4, 0.5) is 0 Å². The quantitative estimate of drug-likeness (QED) is 0.725. The fraction of sp³-hybridized carbons (Fsp3) is 0.600. The lowest BCUT2D eigenvalue weighted by Crippen LogP contribution is -2.36. The number of rotatable bonds is 7. The Balaban J connectivity index is 1.60. The van der Waals surface area contributed by atoms with E-state index < -0.39 is 0 Å². The van der Waals surface area contributed by atoms with Crippen molar-refractivity contribution in [1.29, 1.82) is 0 Å². The Kier molecular flexibility index (Phi) is 7.68. The molecule has 146 valence electrons. The molecule has 2 aromatic rings. The zero-order valence-corrected chi connectivity index (χ0v) is 16.9. The predicted molar refractivity (Wildman–Crippen MR) is 109 cm³/mol. The lowest BCUT2D eigenvalue weighted by molar-refractivity contribution is -0.119. The number of hydrogen-bond acceptors (Lipinski definition) is 5. The molecule has 6 nitrogen and oxygen atoms in total. The van der Waals surface area contributed by atoms with E-state index in [4.69, 9.17) is 0 Å². The van der Waals surface area contributed by atoms with Gasteiger partial charge >= 0.3 is 0 Å². The molecule has 1 saturated carbocycles. The molecule has 0 unspecified atom stereocenters. The third kappa shape index (κ3) is 5.79. The van der Waals surface area contributed by atoms with Crippen molar-refractivity contribution in [1.82, 2.24) is 25.1 Å². The molecule has 2 heterocycles. The highest BCUT2D eigenvalue weighted by Crippen LogP contribution is 2.24. The molecule has 1 fully saturated rings. The van der Waals surface area contributed by atoms with Crippen LogP contribution in [0.2, 0.25) is 0 Å². The van der Waals surface area contributed by atoms with Crippen molar-refractivity contribution < 1.29 is 4.79 Å². The third-order valence-electron chi connectivity index (χ3n) is 4.91. The fourth-order valence-corrected chi connectivity index (χ4v) is 4.31. The first-order valence-electron chi connectivity index (χ1n) is 10.0.